The van der Waals surface area contributed by atoms with Crippen molar-refractivity contribution in [1.29, 1.82) is 0 Å². The van der Waals surface area contributed by atoms with Gasteiger partial charge in [0, 0.05) is 46.0 Å². The number of hydrogen-bond acceptors (Lipinski definition) is 7. The van der Waals surface area contributed by atoms with E-state index in [0.717, 1.165) is 28.0 Å². The van der Waals surface area contributed by atoms with Crippen LogP contribution in [0.5, 0.6) is 5.75 Å². The molecular weight excluding hydrogens is 473 g/mol. The number of carbonyl (C=O) groups excluding carboxylic acids is 1. The van der Waals surface area contributed by atoms with Gasteiger partial charge in [-0.15, -0.1) is 0 Å². The molecule has 0 fully saturated rings. The first-order valence-electron chi connectivity index (χ1n) is 11.5. The Bertz CT molecular complexity index is 1600. The molecule has 186 valence electrons. The van der Waals surface area contributed by atoms with Crippen molar-refractivity contribution in [3.05, 3.63) is 101 Å². The third kappa shape index (κ3) is 5.08. The highest BCUT2D eigenvalue weighted by molar-refractivity contribution is 5.98. The minimum atomic E-state index is -0.639. The Morgan fingerprint density at radius 1 is 1.05 bits per heavy atom. The lowest BCUT2D eigenvalue weighted by Crippen LogP contribution is -2.29. The summed E-state index contributed by atoms with van der Waals surface area (Å²) in [4.78, 5) is 26.5. The molecule has 1 amide bonds. The lowest BCUT2D eigenvalue weighted by atomic mass is 9.98. The molecule has 3 aromatic heterocycles. The second-order valence-corrected chi connectivity index (χ2v) is 8.53. The number of pyridine rings is 1. The Labute approximate surface area is 212 Å². The van der Waals surface area contributed by atoms with Crippen LogP contribution < -0.4 is 15.4 Å². The van der Waals surface area contributed by atoms with E-state index in [-0.39, 0.29) is 11.7 Å². The zero-order valence-corrected chi connectivity index (χ0v) is 20.4. The summed E-state index contributed by atoms with van der Waals surface area (Å²) in [6, 6.07) is 12.9. The fourth-order valence-corrected chi connectivity index (χ4v) is 4.05. The maximum Gasteiger partial charge on any atom is 0.252 e. The number of methoxy groups -OCH3 is 1. The van der Waals surface area contributed by atoms with Crippen LogP contribution in [0.4, 0.5) is 16.0 Å². The molecule has 1 atom stereocenters. The van der Waals surface area contributed by atoms with Crippen LogP contribution in [-0.4, -0.2) is 38.2 Å². The Morgan fingerprint density at radius 3 is 2.65 bits per heavy atom. The number of fused-ring (bicyclic) bond motifs is 1. The zero-order valence-electron chi connectivity index (χ0n) is 20.4. The largest absolute Gasteiger partial charge is 0.494 e. The van der Waals surface area contributed by atoms with Crippen molar-refractivity contribution in [3.63, 3.8) is 0 Å². The maximum atomic E-state index is 14.5. The molecule has 0 bridgehead atoms. The molecule has 3 N–H and O–H groups in total. The zero-order chi connectivity index (χ0) is 25.9. The van der Waals surface area contributed by atoms with Crippen LogP contribution >= 0.6 is 0 Å². The fourth-order valence-electron chi connectivity index (χ4n) is 4.05. The quantitative estimate of drug-likeness (QED) is 0.296. The summed E-state index contributed by atoms with van der Waals surface area (Å²) in [5.41, 5.74) is 4.71. The molecule has 2 aromatic carbocycles. The molecule has 10 heteroatoms. The summed E-state index contributed by atoms with van der Waals surface area (Å²) in [5, 5.41) is 13.9. The van der Waals surface area contributed by atoms with Gasteiger partial charge in [-0.3, -0.25) is 14.9 Å². The molecule has 5 rings (SSSR count). The van der Waals surface area contributed by atoms with Gasteiger partial charge in [-0.2, -0.15) is 5.10 Å². The Balaban J connectivity index is 1.44. The standard InChI is InChI=1S/C27H24FN7O2/c1-15-10-20(8-9-29-15)32-27-30-13-19-5-4-18(12-23(19)33-27)26(36)34-25(21-14-31-35-16(21)2)17-6-7-24(37-3)22(28)11-17/h4-14,25H,1-3H3,(H,31,35)(H,34,36)(H,29,30,32,33)/t25-/m0/s1. The topological polar surface area (TPSA) is 118 Å². The van der Waals surface area contributed by atoms with E-state index in [4.69, 9.17) is 4.74 Å². The lowest BCUT2D eigenvalue weighted by Gasteiger charge is -2.20. The van der Waals surface area contributed by atoms with Crippen molar-refractivity contribution in [2.75, 3.05) is 12.4 Å². The van der Waals surface area contributed by atoms with Crippen LogP contribution in [0.1, 0.15) is 38.9 Å². The van der Waals surface area contributed by atoms with E-state index < -0.39 is 11.9 Å². The minimum Gasteiger partial charge on any atom is -0.494 e. The number of aromatic amines is 1. The number of benzene rings is 2. The Morgan fingerprint density at radius 2 is 1.92 bits per heavy atom. The highest BCUT2D eigenvalue weighted by Gasteiger charge is 2.22. The van der Waals surface area contributed by atoms with E-state index in [0.29, 0.717) is 22.6 Å². The summed E-state index contributed by atoms with van der Waals surface area (Å²) in [7, 11) is 1.40. The number of aromatic nitrogens is 5. The van der Waals surface area contributed by atoms with E-state index in [2.05, 4.69) is 35.8 Å². The van der Waals surface area contributed by atoms with Crippen LogP contribution in [0.3, 0.4) is 0 Å². The summed E-state index contributed by atoms with van der Waals surface area (Å²) in [6.45, 7) is 3.74. The number of aryl methyl sites for hydroxylation is 2. The number of anilines is 2. The van der Waals surface area contributed by atoms with Crippen LogP contribution in [0.2, 0.25) is 0 Å². The van der Waals surface area contributed by atoms with Crippen LogP contribution in [0.25, 0.3) is 10.9 Å². The second kappa shape index (κ2) is 10.0. The molecule has 0 aliphatic carbocycles. The number of nitrogens with one attached hydrogen (secondary N) is 3. The van der Waals surface area contributed by atoms with Gasteiger partial charge in [0.1, 0.15) is 0 Å². The van der Waals surface area contributed by atoms with Gasteiger partial charge >= 0.3 is 0 Å². The van der Waals surface area contributed by atoms with E-state index in [1.54, 1.807) is 42.9 Å². The molecule has 0 saturated carbocycles. The van der Waals surface area contributed by atoms with Crippen molar-refractivity contribution >= 4 is 28.4 Å². The van der Waals surface area contributed by atoms with E-state index in [9.17, 15) is 9.18 Å². The average molecular weight is 498 g/mol. The number of H-pyrrole nitrogens is 1. The number of halogens is 1. The molecule has 0 aliphatic heterocycles. The van der Waals surface area contributed by atoms with Crippen molar-refractivity contribution in [2.24, 2.45) is 0 Å². The monoisotopic (exact) mass is 497 g/mol. The van der Waals surface area contributed by atoms with E-state index in [1.165, 1.54) is 19.2 Å². The number of amides is 1. The summed E-state index contributed by atoms with van der Waals surface area (Å²) in [6.07, 6.45) is 5.01. The molecule has 9 nitrogen and oxygen atoms in total. The van der Waals surface area contributed by atoms with E-state index in [1.807, 2.05) is 26.0 Å². The first-order valence-corrected chi connectivity index (χ1v) is 11.5. The minimum absolute atomic E-state index is 0.123. The van der Waals surface area contributed by atoms with Gasteiger partial charge in [-0.1, -0.05) is 12.1 Å². The van der Waals surface area contributed by atoms with Gasteiger partial charge in [0.15, 0.2) is 11.6 Å². The lowest BCUT2D eigenvalue weighted by molar-refractivity contribution is 0.0943. The van der Waals surface area contributed by atoms with Gasteiger partial charge in [-0.05, 0) is 55.8 Å². The van der Waals surface area contributed by atoms with Gasteiger partial charge in [0.25, 0.3) is 5.91 Å². The van der Waals surface area contributed by atoms with Crippen LogP contribution in [-0.2, 0) is 0 Å². The molecular formula is C27H24FN7O2. The number of hydrogen-bond donors (Lipinski definition) is 3. The summed E-state index contributed by atoms with van der Waals surface area (Å²) >= 11 is 0. The van der Waals surface area contributed by atoms with Gasteiger partial charge in [0.05, 0.1) is 24.9 Å². The second-order valence-electron chi connectivity index (χ2n) is 8.53. The third-order valence-electron chi connectivity index (χ3n) is 5.96. The number of nitrogens with zero attached hydrogens (tertiary/aromatic N) is 4. The van der Waals surface area contributed by atoms with E-state index >= 15 is 0 Å². The third-order valence-corrected chi connectivity index (χ3v) is 5.96. The molecule has 0 spiro atoms. The Kier molecular flexibility index (Phi) is 6.46. The highest BCUT2D eigenvalue weighted by Crippen LogP contribution is 2.28. The smallest absolute Gasteiger partial charge is 0.252 e. The fraction of sp³-hybridized carbons (Fsp3) is 0.148. The average Bonchev–Trinajstić information content (AvgIpc) is 3.32. The van der Waals surface area contributed by atoms with Crippen molar-refractivity contribution in [1.82, 2.24) is 30.5 Å². The summed E-state index contributed by atoms with van der Waals surface area (Å²) in [5.74, 6) is -0.344. The molecule has 0 radical (unpaired) electrons. The molecule has 0 unspecified atom stereocenters. The highest BCUT2D eigenvalue weighted by atomic mass is 19.1. The van der Waals surface area contributed by atoms with Crippen LogP contribution in [0, 0.1) is 19.7 Å². The van der Waals surface area contributed by atoms with Gasteiger partial charge in [-0.25, -0.2) is 14.4 Å². The first-order chi connectivity index (χ1) is 17.9. The van der Waals surface area contributed by atoms with Crippen molar-refractivity contribution in [2.45, 2.75) is 19.9 Å². The molecule has 0 aliphatic rings. The van der Waals surface area contributed by atoms with Gasteiger partial charge < -0.3 is 15.4 Å². The van der Waals surface area contributed by atoms with Gasteiger partial charge in [0.2, 0.25) is 5.95 Å². The first kappa shape index (κ1) is 23.9. The SMILES string of the molecule is COc1ccc([C@H](NC(=O)c2ccc3cnc(Nc4ccnc(C)c4)nc3c2)c2cn[nH]c2C)cc1F. The molecule has 0 saturated heterocycles. The number of rotatable bonds is 7. The van der Waals surface area contributed by atoms with Crippen LogP contribution in [0.15, 0.2) is 67.1 Å². The predicted molar refractivity (Wildman–Crippen MR) is 137 cm³/mol. The molecule has 3 heterocycles. The maximum absolute atomic E-state index is 14.5. The van der Waals surface area contributed by atoms with Crippen molar-refractivity contribution < 1.29 is 13.9 Å². The number of ether oxygens (including phenoxy) is 1. The number of carbonyl (C=O) groups is 1. The predicted octanol–water partition coefficient (Wildman–Crippen LogP) is 4.78. The molecule has 37 heavy (non-hydrogen) atoms. The summed E-state index contributed by atoms with van der Waals surface area (Å²) < 4.78 is 19.6. The van der Waals surface area contributed by atoms with Crippen molar-refractivity contribution in [3.8, 4) is 5.75 Å². The molecule has 5 aromatic rings. The normalized spacial score (nSPS) is 11.8. The Hall–Kier alpha value is -4.86.